The number of tetrazole rings is 1. The summed E-state index contributed by atoms with van der Waals surface area (Å²) in [5, 5.41) is 12.8. The van der Waals surface area contributed by atoms with Crippen LogP contribution in [0.5, 0.6) is 0 Å². The summed E-state index contributed by atoms with van der Waals surface area (Å²) in [5.41, 5.74) is 1.38. The van der Waals surface area contributed by atoms with Gasteiger partial charge in [-0.25, -0.2) is 4.68 Å². The third kappa shape index (κ3) is 4.32. The van der Waals surface area contributed by atoms with Gasteiger partial charge in [0.25, 0.3) is 0 Å². The summed E-state index contributed by atoms with van der Waals surface area (Å²) in [6.45, 7) is 13.5. The van der Waals surface area contributed by atoms with Gasteiger partial charge in [-0.1, -0.05) is 44.2 Å². The van der Waals surface area contributed by atoms with Crippen molar-refractivity contribution in [3.8, 4) is 0 Å². The molecule has 1 saturated heterocycles. The van der Waals surface area contributed by atoms with Gasteiger partial charge in [0, 0.05) is 5.92 Å². The lowest BCUT2D eigenvalue weighted by Crippen LogP contribution is -3.14. The van der Waals surface area contributed by atoms with Crippen molar-refractivity contribution in [2.45, 2.75) is 65.5 Å². The van der Waals surface area contributed by atoms with Crippen molar-refractivity contribution in [1.82, 2.24) is 20.2 Å². The van der Waals surface area contributed by atoms with Crippen LogP contribution in [0.2, 0.25) is 0 Å². The number of nitrogens with one attached hydrogen (secondary N) is 1. The molecule has 5 heteroatoms. The summed E-state index contributed by atoms with van der Waals surface area (Å²) in [7, 11) is 0. The number of piperidine rings is 1. The molecule has 1 aliphatic heterocycles. The quantitative estimate of drug-likeness (QED) is 0.896. The van der Waals surface area contributed by atoms with E-state index in [9.17, 15) is 0 Å². The van der Waals surface area contributed by atoms with E-state index >= 15 is 0 Å². The average molecular weight is 357 g/mol. The minimum atomic E-state index is -0.0863. The lowest BCUT2D eigenvalue weighted by Gasteiger charge is -2.36. The highest BCUT2D eigenvalue weighted by Crippen LogP contribution is 2.24. The molecule has 1 atom stereocenters. The molecule has 0 aliphatic carbocycles. The molecule has 1 aliphatic rings. The van der Waals surface area contributed by atoms with Gasteiger partial charge in [-0.15, -0.1) is 5.10 Å². The minimum Gasteiger partial charge on any atom is -0.326 e. The van der Waals surface area contributed by atoms with Gasteiger partial charge in [0.1, 0.15) is 0 Å². The molecule has 1 fully saturated rings. The van der Waals surface area contributed by atoms with E-state index in [0.717, 1.165) is 11.7 Å². The normalized spacial score (nSPS) is 22.5. The fourth-order valence-electron chi connectivity index (χ4n) is 4.33. The molecule has 0 saturated carbocycles. The predicted octanol–water partition coefficient (Wildman–Crippen LogP) is 2.66. The van der Waals surface area contributed by atoms with Crippen LogP contribution >= 0.6 is 0 Å². The largest absolute Gasteiger partial charge is 0.326 e. The van der Waals surface area contributed by atoms with Gasteiger partial charge in [0.15, 0.2) is 6.04 Å². The Morgan fingerprint density at radius 1 is 1.12 bits per heavy atom. The molecule has 0 spiro atoms. The van der Waals surface area contributed by atoms with Crippen LogP contribution in [-0.2, 0) is 12.0 Å². The van der Waals surface area contributed by atoms with Gasteiger partial charge in [-0.2, -0.15) is 0 Å². The second kappa shape index (κ2) is 7.87. The second-order valence-electron chi connectivity index (χ2n) is 9.13. The maximum Gasteiger partial charge on any atom is 0.210 e. The Hall–Kier alpha value is -1.75. The topological polar surface area (TPSA) is 48.0 Å². The molecule has 3 rings (SSSR count). The van der Waals surface area contributed by atoms with E-state index in [-0.39, 0.29) is 5.54 Å². The molecule has 0 unspecified atom stereocenters. The number of hydrogen-bond acceptors (Lipinski definition) is 3. The maximum absolute atomic E-state index is 4.45. The SMILES string of the molecule is CC(C)[C@@H](c1nnnn1C(C)(C)C)[NH+]1CCC(Cc2ccccc2)CC1. The third-order valence-electron chi connectivity index (χ3n) is 5.63. The molecule has 5 nitrogen and oxygen atoms in total. The van der Waals surface area contributed by atoms with Crippen molar-refractivity contribution in [2.75, 3.05) is 13.1 Å². The Morgan fingerprint density at radius 2 is 1.77 bits per heavy atom. The molecular formula is C21H34N5+. The van der Waals surface area contributed by atoms with Crippen molar-refractivity contribution >= 4 is 0 Å². The smallest absolute Gasteiger partial charge is 0.210 e. The minimum absolute atomic E-state index is 0.0863. The summed E-state index contributed by atoms with van der Waals surface area (Å²) >= 11 is 0. The molecule has 2 heterocycles. The van der Waals surface area contributed by atoms with Crippen LogP contribution in [0.1, 0.15) is 64.9 Å². The van der Waals surface area contributed by atoms with E-state index in [1.54, 1.807) is 4.90 Å². The number of benzene rings is 1. The monoisotopic (exact) mass is 356 g/mol. The Kier molecular flexibility index (Phi) is 5.76. The van der Waals surface area contributed by atoms with E-state index in [4.69, 9.17) is 0 Å². The molecular weight excluding hydrogens is 322 g/mol. The summed E-state index contributed by atoms with van der Waals surface area (Å²) in [6, 6.07) is 11.3. The van der Waals surface area contributed by atoms with Crippen LogP contribution in [0.3, 0.4) is 0 Å². The molecule has 1 aromatic carbocycles. The van der Waals surface area contributed by atoms with Crippen molar-refractivity contribution < 1.29 is 4.90 Å². The number of aromatic nitrogens is 4. The molecule has 2 aromatic rings. The lowest BCUT2D eigenvalue weighted by atomic mass is 9.88. The molecule has 0 bridgehead atoms. The van der Waals surface area contributed by atoms with Gasteiger partial charge in [-0.05, 0) is 61.9 Å². The fraction of sp³-hybridized carbons (Fsp3) is 0.667. The van der Waals surface area contributed by atoms with E-state index in [2.05, 4.69) is 80.5 Å². The first kappa shape index (κ1) is 19.0. The molecule has 0 amide bonds. The van der Waals surface area contributed by atoms with Crippen molar-refractivity contribution in [2.24, 2.45) is 11.8 Å². The number of hydrogen-bond donors (Lipinski definition) is 1. The van der Waals surface area contributed by atoms with Gasteiger partial charge >= 0.3 is 0 Å². The van der Waals surface area contributed by atoms with Crippen molar-refractivity contribution in [3.63, 3.8) is 0 Å². The van der Waals surface area contributed by atoms with Crippen LogP contribution in [-0.4, -0.2) is 33.3 Å². The van der Waals surface area contributed by atoms with Gasteiger partial charge < -0.3 is 4.90 Å². The number of quaternary nitrogens is 1. The van der Waals surface area contributed by atoms with Crippen LogP contribution in [0.25, 0.3) is 0 Å². The molecule has 1 aromatic heterocycles. The Balaban J connectivity index is 1.69. The van der Waals surface area contributed by atoms with Crippen molar-refractivity contribution in [1.29, 1.82) is 0 Å². The molecule has 1 N–H and O–H groups in total. The van der Waals surface area contributed by atoms with Gasteiger partial charge in [-0.3, -0.25) is 0 Å². The average Bonchev–Trinajstić information content (AvgIpc) is 3.07. The van der Waals surface area contributed by atoms with Crippen LogP contribution in [0.15, 0.2) is 30.3 Å². The molecule has 0 radical (unpaired) electrons. The standard InChI is InChI=1S/C21H33N5/c1-16(2)19(20-22-23-24-26(20)21(3,4)5)25-13-11-18(12-14-25)15-17-9-7-6-8-10-17/h6-10,16,18-19H,11-15H2,1-5H3/p+1/t19-/m0/s1. The van der Waals surface area contributed by atoms with Crippen molar-refractivity contribution in [3.05, 3.63) is 41.7 Å². The number of rotatable bonds is 5. The predicted molar refractivity (Wildman–Crippen MR) is 104 cm³/mol. The summed E-state index contributed by atoms with van der Waals surface area (Å²) in [5.74, 6) is 2.36. The first-order chi connectivity index (χ1) is 12.4. The number of nitrogens with zero attached hydrogens (tertiary/aromatic N) is 4. The lowest BCUT2D eigenvalue weighted by molar-refractivity contribution is -0.942. The fourth-order valence-corrected chi connectivity index (χ4v) is 4.33. The highest BCUT2D eigenvalue weighted by atomic mass is 15.6. The van der Waals surface area contributed by atoms with Gasteiger partial charge in [0.05, 0.1) is 18.6 Å². The van der Waals surface area contributed by atoms with E-state index in [1.807, 2.05) is 4.68 Å². The third-order valence-corrected chi connectivity index (χ3v) is 5.63. The highest BCUT2D eigenvalue weighted by molar-refractivity contribution is 5.15. The van der Waals surface area contributed by atoms with E-state index in [0.29, 0.717) is 12.0 Å². The highest BCUT2D eigenvalue weighted by Gasteiger charge is 2.37. The van der Waals surface area contributed by atoms with Gasteiger partial charge in [0.2, 0.25) is 5.82 Å². The zero-order chi connectivity index (χ0) is 18.7. The first-order valence-electron chi connectivity index (χ1n) is 10.0. The zero-order valence-electron chi connectivity index (χ0n) is 16.9. The summed E-state index contributed by atoms with van der Waals surface area (Å²) in [6.07, 6.45) is 3.77. The molecule has 26 heavy (non-hydrogen) atoms. The van der Waals surface area contributed by atoms with Crippen LogP contribution in [0, 0.1) is 11.8 Å². The molecule has 142 valence electrons. The van der Waals surface area contributed by atoms with Crippen LogP contribution < -0.4 is 4.90 Å². The summed E-state index contributed by atoms with van der Waals surface area (Å²) in [4.78, 5) is 1.64. The van der Waals surface area contributed by atoms with E-state index < -0.39 is 0 Å². The Morgan fingerprint density at radius 3 is 2.35 bits per heavy atom. The first-order valence-corrected chi connectivity index (χ1v) is 10.0. The maximum atomic E-state index is 4.45. The Labute approximate surface area is 157 Å². The van der Waals surface area contributed by atoms with Crippen LogP contribution in [0.4, 0.5) is 0 Å². The Bertz CT molecular complexity index is 678. The number of likely N-dealkylation sites (tertiary alicyclic amines) is 1. The summed E-state index contributed by atoms with van der Waals surface area (Å²) < 4.78 is 2.03. The zero-order valence-corrected chi connectivity index (χ0v) is 16.9. The van der Waals surface area contributed by atoms with E-state index in [1.165, 1.54) is 37.9 Å². The second-order valence-corrected chi connectivity index (χ2v) is 9.13.